The van der Waals surface area contributed by atoms with Crippen LogP contribution in [0.4, 0.5) is 5.69 Å². The third-order valence-corrected chi connectivity index (χ3v) is 2.34. The van der Waals surface area contributed by atoms with Gasteiger partial charge >= 0.3 is 0 Å². The van der Waals surface area contributed by atoms with E-state index in [0.717, 1.165) is 16.5 Å². The molecule has 0 aliphatic rings. The van der Waals surface area contributed by atoms with Crippen LogP contribution in [0.3, 0.4) is 0 Å². The third kappa shape index (κ3) is 2.00. The molecule has 0 radical (unpaired) electrons. The number of azide groups is 1. The lowest BCUT2D eigenvalue weighted by atomic mass is 10.1. The molecule has 3 nitrogen and oxygen atoms in total. The molecule has 1 aromatic carbocycles. The molecule has 4 heteroatoms. The van der Waals surface area contributed by atoms with Crippen molar-refractivity contribution in [3.05, 3.63) is 38.7 Å². The SMILES string of the molecule is CCc1cc(N=[N+]=[N-])ccc1Br. The Kier molecular flexibility index (Phi) is 3.14. The molecule has 0 saturated heterocycles. The lowest BCUT2D eigenvalue weighted by Crippen LogP contribution is -1.80. The second-order valence-electron chi connectivity index (χ2n) is 2.32. The molecule has 0 atom stereocenters. The number of benzene rings is 1. The van der Waals surface area contributed by atoms with Crippen LogP contribution >= 0.6 is 15.9 Å². The number of hydrogen-bond donors (Lipinski definition) is 0. The van der Waals surface area contributed by atoms with E-state index in [1.165, 1.54) is 0 Å². The zero-order valence-corrected chi connectivity index (χ0v) is 8.24. The summed E-state index contributed by atoms with van der Waals surface area (Å²) in [4.78, 5) is 2.72. The predicted molar refractivity (Wildman–Crippen MR) is 52.3 cm³/mol. The summed E-state index contributed by atoms with van der Waals surface area (Å²) < 4.78 is 1.06. The van der Waals surface area contributed by atoms with Crippen molar-refractivity contribution in [1.29, 1.82) is 0 Å². The first-order chi connectivity index (χ1) is 5.77. The lowest BCUT2D eigenvalue weighted by molar-refractivity contribution is 1.12. The fraction of sp³-hybridized carbons (Fsp3) is 0.250. The van der Waals surface area contributed by atoms with Gasteiger partial charge in [0.1, 0.15) is 0 Å². The number of rotatable bonds is 2. The molecule has 0 aliphatic heterocycles. The van der Waals surface area contributed by atoms with E-state index in [2.05, 4.69) is 32.9 Å². The topological polar surface area (TPSA) is 48.8 Å². The van der Waals surface area contributed by atoms with Crippen LogP contribution in [0.5, 0.6) is 0 Å². The highest BCUT2D eigenvalue weighted by Crippen LogP contribution is 2.23. The number of nitrogens with zero attached hydrogens (tertiary/aromatic N) is 3. The molecule has 0 spiro atoms. The van der Waals surface area contributed by atoms with Gasteiger partial charge < -0.3 is 0 Å². The van der Waals surface area contributed by atoms with Gasteiger partial charge in [-0.1, -0.05) is 34.0 Å². The van der Waals surface area contributed by atoms with Crippen LogP contribution in [-0.4, -0.2) is 0 Å². The molecule has 1 aromatic rings. The molecule has 0 heterocycles. The fourth-order valence-corrected chi connectivity index (χ4v) is 1.47. The third-order valence-electron chi connectivity index (χ3n) is 1.57. The Labute approximate surface area is 79.2 Å². The minimum Gasteiger partial charge on any atom is -0.0613 e. The van der Waals surface area contributed by atoms with Crippen molar-refractivity contribution < 1.29 is 0 Å². The Bertz CT molecular complexity index is 329. The summed E-state index contributed by atoms with van der Waals surface area (Å²) in [6.45, 7) is 2.06. The number of aryl methyl sites for hydroxylation is 1. The quantitative estimate of drug-likeness (QED) is 0.416. The van der Waals surface area contributed by atoms with Crippen LogP contribution in [0.25, 0.3) is 10.4 Å². The second-order valence-corrected chi connectivity index (χ2v) is 3.17. The molecule has 0 fully saturated rings. The van der Waals surface area contributed by atoms with Crippen molar-refractivity contribution in [3.63, 3.8) is 0 Å². The maximum Gasteiger partial charge on any atom is 0.0378 e. The van der Waals surface area contributed by atoms with Crippen molar-refractivity contribution in [2.75, 3.05) is 0 Å². The summed E-state index contributed by atoms with van der Waals surface area (Å²) in [6.07, 6.45) is 0.926. The maximum absolute atomic E-state index is 8.20. The first-order valence-electron chi connectivity index (χ1n) is 3.61. The highest BCUT2D eigenvalue weighted by Gasteiger charge is 1.97. The van der Waals surface area contributed by atoms with E-state index in [4.69, 9.17) is 5.53 Å². The Morgan fingerprint density at radius 2 is 2.33 bits per heavy atom. The van der Waals surface area contributed by atoms with E-state index < -0.39 is 0 Å². The smallest absolute Gasteiger partial charge is 0.0378 e. The molecular formula is C8H8BrN3. The van der Waals surface area contributed by atoms with Crippen LogP contribution in [-0.2, 0) is 6.42 Å². The molecule has 0 aliphatic carbocycles. The molecule has 1 rings (SSSR count). The van der Waals surface area contributed by atoms with Gasteiger partial charge in [0.25, 0.3) is 0 Å². The van der Waals surface area contributed by atoms with Crippen molar-refractivity contribution >= 4 is 21.6 Å². The van der Waals surface area contributed by atoms with Gasteiger partial charge in [0.15, 0.2) is 0 Å². The van der Waals surface area contributed by atoms with E-state index in [0.29, 0.717) is 5.69 Å². The Morgan fingerprint density at radius 3 is 2.92 bits per heavy atom. The van der Waals surface area contributed by atoms with Crippen LogP contribution in [0.1, 0.15) is 12.5 Å². The number of hydrogen-bond acceptors (Lipinski definition) is 1. The van der Waals surface area contributed by atoms with E-state index in [9.17, 15) is 0 Å². The van der Waals surface area contributed by atoms with Gasteiger partial charge in [0.2, 0.25) is 0 Å². The van der Waals surface area contributed by atoms with Crippen LogP contribution in [0, 0.1) is 0 Å². The molecule has 0 unspecified atom stereocenters. The van der Waals surface area contributed by atoms with Crippen LogP contribution < -0.4 is 0 Å². The van der Waals surface area contributed by atoms with Gasteiger partial charge in [-0.2, -0.15) is 0 Å². The lowest BCUT2D eigenvalue weighted by Gasteiger charge is -2.00. The van der Waals surface area contributed by atoms with Crippen molar-refractivity contribution in [1.82, 2.24) is 0 Å². The van der Waals surface area contributed by atoms with Crippen molar-refractivity contribution in [2.45, 2.75) is 13.3 Å². The molecule has 0 bridgehead atoms. The zero-order chi connectivity index (χ0) is 8.97. The predicted octanol–water partition coefficient (Wildman–Crippen LogP) is 3.95. The largest absolute Gasteiger partial charge is 0.0613 e. The fourth-order valence-electron chi connectivity index (χ4n) is 0.946. The van der Waals surface area contributed by atoms with E-state index in [1.54, 1.807) is 6.07 Å². The van der Waals surface area contributed by atoms with Crippen molar-refractivity contribution in [3.8, 4) is 0 Å². The van der Waals surface area contributed by atoms with E-state index in [-0.39, 0.29) is 0 Å². The first kappa shape index (κ1) is 9.10. The summed E-state index contributed by atoms with van der Waals surface area (Å²) in [5.41, 5.74) is 10.0. The average Bonchev–Trinajstić information content (AvgIpc) is 2.09. The monoisotopic (exact) mass is 225 g/mol. The van der Waals surface area contributed by atoms with Gasteiger partial charge in [-0.25, -0.2) is 0 Å². The summed E-state index contributed by atoms with van der Waals surface area (Å²) >= 11 is 3.41. The van der Waals surface area contributed by atoms with Gasteiger partial charge in [0, 0.05) is 15.1 Å². The standard InChI is InChI=1S/C8H8BrN3/c1-2-6-5-7(11-12-10)3-4-8(6)9/h3-5H,2H2,1H3. The molecule has 12 heavy (non-hydrogen) atoms. The Hall–Kier alpha value is -0.990. The summed E-state index contributed by atoms with van der Waals surface area (Å²) in [5, 5.41) is 3.52. The number of halogens is 1. The summed E-state index contributed by atoms with van der Waals surface area (Å²) in [5.74, 6) is 0. The van der Waals surface area contributed by atoms with E-state index in [1.807, 2.05) is 12.1 Å². The second kappa shape index (κ2) is 4.14. The van der Waals surface area contributed by atoms with Crippen LogP contribution in [0.15, 0.2) is 27.8 Å². The van der Waals surface area contributed by atoms with Gasteiger partial charge in [-0.05, 0) is 29.6 Å². The summed E-state index contributed by atoms with van der Waals surface area (Å²) in [7, 11) is 0. The minimum absolute atomic E-state index is 0.664. The van der Waals surface area contributed by atoms with Crippen molar-refractivity contribution in [2.24, 2.45) is 5.11 Å². The Balaban J connectivity index is 3.13. The summed E-state index contributed by atoms with van der Waals surface area (Å²) in [6, 6.07) is 5.55. The average molecular weight is 226 g/mol. The molecule has 0 saturated carbocycles. The highest BCUT2D eigenvalue weighted by atomic mass is 79.9. The van der Waals surface area contributed by atoms with Crippen LogP contribution in [0.2, 0.25) is 0 Å². The normalized spacial score (nSPS) is 9.17. The van der Waals surface area contributed by atoms with Gasteiger partial charge in [-0.15, -0.1) is 0 Å². The minimum atomic E-state index is 0.664. The molecule has 0 N–H and O–H groups in total. The van der Waals surface area contributed by atoms with E-state index >= 15 is 0 Å². The molecule has 62 valence electrons. The van der Waals surface area contributed by atoms with Gasteiger partial charge in [-0.3, -0.25) is 0 Å². The molecule has 0 amide bonds. The first-order valence-corrected chi connectivity index (χ1v) is 4.40. The maximum atomic E-state index is 8.20. The zero-order valence-electron chi connectivity index (χ0n) is 6.66. The highest BCUT2D eigenvalue weighted by molar-refractivity contribution is 9.10. The Morgan fingerprint density at radius 1 is 1.58 bits per heavy atom. The van der Waals surface area contributed by atoms with Gasteiger partial charge in [0.05, 0.1) is 0 Å². The molecular weight excluding hydrogens is 218 g/mol. The molecule has 0 aromatic heterocycles.